The van der Waals surface area contributed by atoms with E-state index >= 15 is 0 Å². The van der Waals surface area contributed by atoms with Crippen LogP contribution in [0.5, 0.6) is 11.5 Å². The highest BCUT2D eigenvalue weighted by molar-refractivity contribution is 5.43. The number of nitrogens with one attached hydrogen (secondary N) is 1. The molecule has 0 saturated carbocycles. The van der Waals surface area contributed by atoms with Crippen molar-refractivity contribution in [2.45, 2.75) is 25.5 Å². The summed E-state index contributed by atoms with van der Waals surface area (Å²) in [7, 11) is 3.34. The van der Waals surface area contributed by atoms with E-state index < -0.39 is 0 Å². The van der Waals surface area contributed by atoms with Crippen molar-refractivity contribution < 1.29 is 14.2 Å². The minimum atomic E-state index is -0.127. The Labute approximate surface area is 108 Å². The van der Waals surface area contributed by atoms with Gasteiger partial charge in [-0.1, -0.05) is 0 Å². The molecule has 1 unspecified atom stereocenters. The van der Waals surface area contributed by atoms with E-state index in [0.717, 1.165) is 23.6 Å². The molecule has 1 heterocycles. The minimum Gasteiger partial charge on any atom is -0.497 e. The van der Waals surface area contributed by atoms with Gasteiger partial charge in [0.2, 0.25) is 0 Å². The molecular formula is C14H21NO3. The van der Waals surface area contributed by atoms with Gasteiger partial charge >= 0.3 is 0 Å². The van der Waals surface area contributed by atoms with Gasteiger partial charge in [0.25, 0.3) is 0 Å². The van der Waals surface area contributed by atoms with Crippen molar-refractivity contribution in [1.82, 2.24) is 5.32 Å². The molecule has 1 N–H and O–H groups in total. The molecule has 100 valence electrons. The van der Waals surface area contributed by atoms with E-state index in [1.807, 2.05) is 18.2 Å². The number of hydrogen-bond acceptors (Lipinski definition) is 4. The lowest BCUT2D eigenvalue weighted by atomic mass is 9.89. The third kappa shape index (κ3) is 2.44. The molecule has 1 aromatic carbocycles. The smallest absolute Gasteiger partial charge is 0.125 e. The lowest BCUT2D eigenvalue weighted by molar-refractivity contribution is -0.0399. The predicted octanol–water partition coefficient (Wildman–Crippen LogP) is 2.14. The Morgan fingerprint density at radius 2 is 2.06 bits per heavy atom. The fourth-order valence-corrected chi connectivity index (χ4v) is 2.37. The number of morpholine rings is 1. The topological polar surface area (TPSA) is 39.7 Å². The minimum absolute atomic E-state index is 0.0451. The fraction of sp³-hybridized carbons (Fsp3) is 0.571. The molecule has 18 heavy (non-hydrogen) atoms. The maximum absolute atomic E-state index is 5.92. The van der Waals surface area contributed by atoms with Gasteiger partial charge in [-0.2, -0.15) is 0 Å². The molecule has 0 spiro atoms. The third-order valence-electron chi connectivity index (χ3n) is 3.34. The average Bonchev–Trinajstić information content (AvgIpc) is 2.37. The zero-order chi connectivity index (χ0) is 13.2. The number of rotatable bonds is 3. The molecule has 0 bridgehead atoms. The van der Waals surface area contributed by atoms with Gasteiger partial charge in [-0.25, -0.2) is 0 Å². The van der Waals surface area contributed by atoms with Crippen LogP contribution < -0.4 is 14.8 Å². The lowest BCUT2D eigenvalue weighted by Gasteiger charge is -2.40. The quantitative estimate of drug-likeness (QED) is 0.893. The lowest BCUT2D eigenvalue weighted by Crippen LogP contribution is -2.51. The van der Waals surface area contributed by atoms with E-state index in [4.69, 9.17) is 14.2 Å². The standard InChI is InChI=1S/C14H21NO3/c1-14(2)13(18-8-7-15-14)11-9-10(16-3)5-6-12(11)17-4/h5-6,9,13,15H,7-8H2,1-4H3. The monoisotopic (exact) mass is 251 g/mol. The number of methoxy groups -OCH3 is 2. The van der Waals surface area contributed by atoms with Crippen LogP contribution in [0.15, 0.2) is 18.2 Å². The van der Waals surface area contributed by atoms with E-state index in [1.165, 1.54) is 0 Å². The summed E-state index contributed by atoms with van der Waals surface area (Å²) in [5, 5.41) is 3.47. The van der Waals surface area contributed by atoms with Gasteiger partial charge in [0.05, 0.1) is 20.8 Å². The predicted molar refractivity (Wildman–Crippen MR) is 70.3 cm³/mol. The second-order valence-electron chi connectivity index (χ2n) is 5.01. The van der Waals surface area contributed by atoms with Crippen molar-refractivity contribution in [3.63, 3.8) is 0 Å². The Morgan fingerprint density at radius 3 is 2.67 bits per heavy atom. The third-order valence-corrected chi connectivity index (χ3v) is 3.34. The molecule has 4 nitrogen and oxygen atoms in total. The zero-order valence-corrected chi connectivity index (χ0v) is 11.4. The second-order valence-corrected chi connectivity index (χ2v) is 5.01. The maximum Gasteiger partial charge on any atom is 0.125 e. The van der Waals surface area contributed by atoms with Crippen LogP contribution in [0.25, 0.3) is 0 Å². The molecule has 1 aromatic rings. The summed E-state index contributed by atoms with van der Waals surface area (Å²) < 4.78 is 16.6. The summed E-state index contributed by atoms with van der Waals surface area (Å²) in [5.74, 6) is 1.65. The van der Waals surface area contributed by atoms with Gasteiger partial charge in [0.15, 0.2) is 0 Å². The number of ether oxygens (including phenoxy) is 3. The van der Waals surface area contributed by atoms with Crippen LogP contribution in [0.2, 0.25) is 0 Å². The molecule has 1 aliphatic rings. The van der Waals surface area contributed by atoms with Crippen molar-refractivity contribution in [3.8, 4) is 11.5 Å². The first-order valence-corrected chi connectivity index (χ1v) is 6.17. The molecule has 0 aliphatic carbocycles. The summed E-state index contributed by atoms with van der Waals surface area (Å²) in [5.41, 5.74) is 0.895. The van der Waals surface area contributed by atoms with Gasteiger partial charge in [-0.3, -0.25) is 0 Å². The zero-order valence-electron chi connectivity index (χ0n) is 11.4. The van der Waals surface area contributed by atoms with Crippen LogP contribution in [0, 0.1) is 0 Å². The van der Waals surface area contributed by atoms with Crippen LogP contribution in [-0.2, 0) is 4.74 Å². The molecule has 1 aliphatic heterocycles. The second kappa shape index (κ2) is 5.16. The molecule has 1 saturated heterocycles. The molecule has 0 aromatic heterocycles. The van der Waals surface area contributed by atoms with Crippen molar-refractivity contribution in [1.29, 1.82) is 0 Å². The highest BCUT2D eigenvalue weighted by atomic mass is 16.5. The Kier molecular flexibility index (Phi) is 3.78. The van der Waals surface area contributed by atoms with Gasteiger partial charge in [-0.05, 0) is 32.0 Å². The van der Waals surface area contributed by atoms with Gasteiger partial charge in [0, 0.05) is 17.6 Å². The summed E-state index contributed by atoms with van der Waals surface area (Å²) in [6.07, 6.45) is -0.0451. The van der Waals surface area contributed by atoms with Crippen LogP contribution in [0.4, 0.5) is 0 Å². The van der Waals surface area contributed by atoms with Gasteiger partial charge in [0.1, 0.15) is 17.6 Å². The SMILES string of the molecule is COc1ccc(OC)c(C2OCCNC2(C)C)c1. The van der Waals surface area contributed by atoms with Crippen LogP contribution in [0.3, 0.4) is 0 Å². The van der Waals surface area contributed by atoms with Crippen molar-refractivity contribution >= 4 is 0 Å². The van der Waals surface area contributed by atoms with E-state index in [-0.39, 0.29) is 11.6 Å². The Morgan fingerprint density at radius 1 is 1.28 bits per heavy atom. The molecular weight excluding hydrogens is 230 g/mol. The highest BCUT2D eigenvalue weighted by Gasteiger charge is 2.36. The molecule has 1 fully saturated rings. The summed E-state index contributed by atoms with van der Waals surface area (Å²) >= 11 is 0. The average molecular weight is 251 g/mol. The van der Waals surface area contributed by atoms with Crippen molar-refractivity contribution in [3.05, 3.63) is 23.8 Å². The van der Waals surface area contributed by atoms with E-state index in [0.29, 0.717) is 6.61 Å². The van der Waals surface area contributed by atoms with E-state index in [9.17, 15) is 0 Å². The molecule has 4 heteroatoms. The van der Waals surface area contributed by atoms with Crippen LogP contribution in [0.1, 0.15) is 25.5 Å². The number of benzene rings is 1. The first-order valence-electron chi connectivity index (χ1n) is 6.17. The first-order chi connectivity index (χ1) is 8.58. The Bertz CT molecular complexity index is 418. The summed E-state index contributed by atoms with van der Waals surface area (Å²) in [4.78, 5) is 0. The highest BCUT2D eigenvalue weighted by Crippen LogP contribution is 2.38. The van der Waals surface area contributed by atoms with Crippen molar-refractivity contribution in [2.75, 3.05) is 27.4 Å². The molecule has 0 amide bonds. The summed E-state index contributed by atoms with van der Waals surface area (Å²) in [6.45, 7) is 5.84. The van der Waals surface area contributed by atoms with Gasteiger partial charge < -0.3 is 19.5 Å². The first kappa shape index (κ1) is 13.2. The largest absolute Gasteiger partial charge is 0.497 e. The summed E-state index contributed by atoms with van der Waals surface area (Å²) in [6, 6.07) is 5.80. The fourth-order valence-electron chi connectivity index (χ4n) is 2.37. The normalized spacial score (nSPS) is 22.6. The molecule has 2 rings (SSSR count). The van der Waals surface area contributed by atoms with E-state index in [1.54, 1.807) is 14.2 Å². The maximum atomic E-state index is 5.92. The Balaban J connectivity index is 2.41. The van der Waals surface area contributed by atoms with Crippen molar-refractivity contribution in [2.24, 2.45) is 0 Å². The molecule has 1 atom stereocenters. The van der Waals surface area contributed by atoms with Gasteiger partial charge in [-0.15, -0.1) is 0 Å². The number of hydrogen-bond donors (Lipinski definition) is 1. The molecule has 0 radical (unpaired) electrons. The van der Waals surface area contributed by atoms with Crippen LogP contribution >= 0.6 is 0 Å². The van der Waals surface area contributed by atoms with Crippen LogP contribution in [-0.4, -0.2) is 32.9 Å². The van der Waals surface area contributed by atoms with E-state index in [2.05, 4.69) is 19.2 Å². The Hall–Kier alpha value is -1.26.